The van der Waals surface area contributed by atoms with Gasteiger partial charge in [-0.25, -0.2) is 8.42 Å². The molecule has 3 nitrogen and oxygen atoms in total. The third-order valence-electron chi connectivity index (χ3n) is 2.87. The van der Waals surface area contributed by atoms with Crippen LogP contribution in [0.2, 0.25) is 0 Å². The average molecular weight is 324 g/mol. The predicted molar refractivity (Wildman–Crippen MR) is 70.9 cm³/mol. The molecule has 0 atom stereocenters. The standard InChI is InChI=1S/C11H21ClF3NO2S/c1-3-10(4-2)16(8-7-12)19(17,18)9-5-6-11(13,14)15/h10H,3-9H2,1-2H3. The Bertz CT molecular complexity index is 342. The number of nitrogens with zero attached hydrogens (tertiary/aromatic N) is 1. The van der Waals surface area contributed by atoms with Gasteiger partial charge in [-0.05, 0) is 19.3 Å². The van der Waals surface area contributed by atoms with E-state index in [4.69, 9.17) is 11.6 Å². The monoisotopic (exact) mass is 323 g/mol. The summed E-state index contributed by atoms with van der Waals surface area (Å²) in [5.41, 5.74) is 0. The molecular formula is C11H21ClF3NO2S. The summed E-state index contributed by atoms with van der Waals surface area (Å²) in [5, 5.41) is 0. The lowest BCUT2D eigenvalue weighted by Gasteiger charge is -2.29. The summed E-state index contributed by atoms with van der Waals surface area (Å²) in [7, 11) is -3.68. The van der Waals surface area contributed by atoms with Gasteiger partial charge in [0.15, 0.2) is 0 Å². The molecule has 0 saturated heterocycles. The second-order valence-corrected chi connectivity index (χ2v) is 6.72. The van der Waals surface area contributed by atoms with Crippen molar-refractivity contribution in [1.29, 1.82) is 0 Å². The molecule has 0 rings (SSSR count). The first-order valence-electron chi connectivity index (χ1n) is 6.30. The summed E-state index contributed by atoms with van der Waals surface area (Å²) in [6, 6.07) is -0.199. The number of hydrogen-bond acceptors (Lipinski definition) is 2. The first-order chi connectivity index (χ1) is 8.68. The van der Waals surface area contributed by atoms with Gasteiger partial charge in [0, 0.05) is 24.9 Å². The summed E-state index contributed by atoms with van der Waals surface area (Å²) < 4.78 is 61.5. The van der Waals surface area contributed by atoms with E-state index in [-0.39, 0.29) is 18.5 Å². The summed E-state index contributed by atoms with van der Waals surface area (Å²) in [4.78, 5) is 0. The molecule has 19 heavy (non-hydrogen) atoms. The third kappa shape index (κ3) is 7.37. The van der Waals surface area contributed by atoms with Crippen LogP contribution in [-0.4, -0.2) is 43.1 Å². The van der Waals surface area contributed by atoms with Crippen molar-refractivity contribution >= 4 is 21.6 Å². The van der Waals surface area contributed by atoms with E-state index in [2.05, 4.69) is 0 Å². The summed E-state index contributed by atoms with van der Waals surface area (Å²) in [5.74, 6) is -0.352. The Hall–Kier alpha value is -0.0100. The molecule has 0 radical (unpaired) electrons. The molecule has 0 unspecified atom stereocenters. The Kier molecular flexibility index (Phi) is 8.31. The van der Waals surface area contributed by atoms with E-state index in [1.807, 2.05) is 13.8 Å². The number of halogens is 4. The predicted octanol–water partition coefficient (Wildman–Crippen LogP) is 3.39. The lowest BCUT2D eigenvalue weighted by Crippen LogP contribution is -2.42. The maximum absolute atomic E-state index is 12.1. The minimum atomic E-state index is -4.32. The largest absolute Gasteiger partial charge is 0.389 e. The van der Waals surface area contributed by atoms with Gasteiger partial charge in [-0.2, -0.15) is 17.5 Å². The molecule has 116 valence electrons. The Balaban J connectivity index is 4.70. The molecule has 0 aliphatic carbocycles. The first-order valence-corrected chi connectivity index (χ1v) is 8.44. The van der Waals surface area contributed by atoms with Crippen molar-refractivity contribution in [3.8, 4) is 0 Å². The number of alkyl halides is 4. The van der Waals surface area contributed by atoms with Crippen molar-refractivity contribution in [3.63, 3.8) is 0 Å². The fourth-order valence-corrected chi connectivity index (χ4v) is 4.05. The SMILES string of the molecule is CCC(CC)N(CCCl)S(=O)(=O)CCCC(F)(F)F. The number of rotatable bonds is 9. The van der Waals surface area contributed by atoms with Crippen molar-refractivity contribution in [2.45, 2.75) is 51.7 Å². The zero-order chi connectivity index (χ0) is 15.1. The summed E-state index contributed by atoms with van der Waals surface area (Å²) >= 11 is 5.58. The topological polar surface area (TPSA) is 37.4 Å². The highest BCUT2D eigenvalue weighted by Gasteiger charge is 2.31. The van der Waals surface area contributed by atoms with Gasteiger partial charge in [0.05, 0.1) is 5.75 Å². The van der Waals surface area contributed by atoms with E-state index in [0.717, 1.165) is 0 Å². The van der Waals surface area contributed by atoms with Gasteiger partial charge in [0.25, 0.3) is 0 Å². The zero-order valence-electron chi connectivity index (χ0n) is 11.2. The van der Waals surface area contributed by atoms with Crippen molar-refractivity contribution in [2.75, 3.05) is 18.2 Å². The molecule has 0 aromatic carbocycles. The lowest BCUT2D eigenvalue weighted by molar-refractivity contribution is -0.134. The lowest BCUT2D eigenvalue weighted by atomic mass is 10.2. The van der Waals surface area contributed by atoms with Gasteiger partial charge in [0.1, 0.15) is 0 Å². The molecule has 0 aromatic heterocycles. The zero-order valence-corrected chi connectivity index (χ0v) is 12.8. The van der Waals surface area contributed by atoms with Crippen LogP contribution in [-0.2, 0) is 10.0 Å². The van der Waals surface area contributed by atoms with Crippen LogP contribution in [0, 0.1) is 0 Å². The number of hydrogen-bond donors (Lipinski definition) is 0. The molecule has 0 fully saturated rings. The molecule has 0 bridgehead atoms. The molecule has 0 heterocycles. The van der Waals surface area contributed by atoms with Crippen LogP contribution in [0.1, 0.15) is 39.5 Å². The summed E-state index contributed by atoms with van der Waals surface area (Å²) in [6.45, 7) is 3.84. The van der Waals surface area contributed by atoms with E-state index in [1.165, 1.54) is 4.31 Å². The van der Waals surface area contributed by atoms with Crippen molar-refractivity contribution in [2.24, 2.45) is 0 Å². The van der Waals surface area contributed by atoms with Gasteiger partial charge in [-0.1, -0.05) is 13.8 Å². The van der Waals surface area contributed by atoms with Gasteiger partial charge in [-0.15, -0.1) is 11.6 Å². The van der Waals surface area contributed by atoms with Crippen LogP contribution < -0.4 is 0 Å². The Morgan fingerprint density at radius 2 is 1.74 bits per heavy atom. The van der Waals surface area contributed by atoms with E-state index in [0.29, 0.717) is 12.8 Å². The molecule has 0 aliphatic heterocycles. The molecule has 0 aliphatic rings. The van der Waals surface area contributed by atoms with Gasteiger partial charge in [-0.3, -0.25) is 0 Å². The quantitative estimate of drug-likeness (QED) is 0.610. The Morgan fingerprint density at radius 1 is 1.21 bits per heavy atom. The van der Waals surface area contributed by atoms with Crippen molar-refractivity contribution in [3.05, 3.63) is 0 Å². The molecule has 0 N–H and O–H groups in total. The molecule has 0 saturated carbocycles. The van der Waals surface area contributed by atoms with Crippen LogP contribution in [0.5, 0.6) is 0 Å². The van der Waals surface area contributed by atoms with Gasteiger partial charge in [0.2, 0.25) is 10.0 Å². The maximum atomic E-state index is 12.1. The fourth-order valence-electron chi connectivity index (χ4n) is 1.90. The van der Waals surface area contributed by atoms with Crippen LogP contribution in [0.3, 0.4) is 0 Å². The van der Waals surface area contributed by atoms with Gasteiger partial charge >= 0.3 is 6.18 Å². The van der Waals surface area contributed by atoms with Gasteiger partial charge < -0.3 is 0 Å². The molecular weight excluding hydrogens is 303 g/mol. The second-order valence-electron chi connectivity index (χ2n) is 4.30. The van der Waals surface area contributed by atoms with Crippen LogP contribution in [0.25, 0.3) is 0 Å². The van der Waals surface area contributed by atoms with E-state index in [1.54, 1.807) is 0 Å². The highest BCUT2D eigenvalue weighted by atomic mass is 35.5. The molecule has 8 heteroatoms. The molecule has 0 spiro atoms. The van der Waals surface area contributed by atoms with E-state index < -0.39 is 34.8 Å². The van der Waals surface area contributed by atoms with E-state index >= 15 is 0 Å². The normalized spacial score (nSPS) is 13.5. The highest BCUT2D eigenvalue weighted by Crippen LogP contribution is 2.23. The molecule has 0 aromatic rings. The number of sulfonamides is 1. The van der Waals surface area contributed by atoms with E-state index in [9.17, 15) is 21.6 Å². The second kappa shape index (κ2) is 8.32. The smallest absolute Gasteiger partial charge is 0.212 e. The molecule has 0 amide bonds. The Labute approximate surface area is 118 Å². The third-order valence-corrected chi connectivity index (χ3v) is 5.04. The van der Waals surface area contributed by atoms with Crippen molar-refractivity contribution < 1.29 is 21.6 Å². The fraction of sp³-hybridized carbons (Fsp3) is 1.00. The van der Waals surface area contributed by atoms with Crippen LogP contribution in [0.15, 0.2) is 0 Å². The minimum absolute atomic E-state index is 0.134. The first kappa shape index (κ1) is 19.0. The van der Waals surface area contributed by atoms with Crippen molar-refractivity contribution in [1.82, 2.24) is 4.31 Å². The minimum Gasteiger partial charge on any atom is -0.212 e. The summed E-state index contributed by atoms with van der Waals surface area (Å²) in [6.07, 6.45) is -4.58. The maximum Gasteiger partial charge on any atom is 0.389 e. The van der Waals surface area contributed by atoms with Crippen LogP contribution in [0.4, 0.5) is 13.2 Å². The average Bonchev–Trinajstić information content (AvgIpc) is 2.27. The Morgan fingerprint density at radius 3 is 2.11 bits per heavy atom. The van der Waals surface area contributed by atoms with Crippen LogP contribution >= 0.6 is 11.6 Å². The highest BCUT2D eigenvalue weighted by molar-refractivity contribution is 7.89.